The van der Waals surface area contributed by atoms with Gasteiger partial charge in [0.05, 0.1) is 0 Å². The Morgan fingerprint density at radius 1 is 1.36 bits per heavy atom. The van der Waals surface area contributed by atoms with Crippen LogP contribution in [-0.2, 0) is 6.42 Å². The average molecular weight is 195 g/mol. The molecule has 1 aromatic heterocycles. The number of aryl methyl sites for hydroxylation is 1. The van der Waals surface area contributed by atoms with E-state index in [9.17, 15) is 4.79 Å². The molecule has 14 heavy (non-hydrogen) atoms. The predicted octanol–water partition coefficient (Wildman–Crippen LogP) is 0.491. The molecule has 4 nitrogen and oxygen atoms in total. The van der Waals surface area contributed by atoms with Gasteiger partial charge in [0.25, 0.3) is 5.56 Å². The van der Waals surface area contributed by atoms with Gasteiger partial charge in [-0.1, -0.05) is 0 Å². The number of likely N-dealkylation sites (N-methyl/N-ethyl adjacent to an activating group) is 1. The monoisotopic (exact) mass is 195 g/mol. The van der Waals surface area contributed by atoms with Gasteiger partial charge in [-0.15, -0.1) is 0 Å². The van der Waals surface area contributed by atoms with Crippen molar-refractivity contribution in [2.24, 2.45) is 0 Å². The number of nitrogens with one attached hydrogen (secondary N) is 1. The Balaban J connectivity index is 2.85. The number of nitrogens with zero attached hydrogens (tertiary/aromatic N) is 2. The highest BCUT2D eigenvalue weighted by Crippen LogP contribution is 1.97. The van der Waals surface area contributed by atoms with E-state index in [2.05, 4.69) is 14.9 Å². The minimum Gasteiger partial charge on any atom is -0.310 e. The summed E-state index contributed by atoms with van der Waals surface area (Å²) in [6, 6.07) is 0. The first-order chi connectivity index (χ1) is 6.50. The summed E-state index contributed by atoms with van der Waals surface area (Å²) in [6.45, 7) is 4.55. The van der Waals surface area contributed by atoms with Crippen molar-refractivity contribution in [2.45, 2.75) is 20.3 Å². The second-order valence-electron chi connectivity index (χ2n) is 3.78. The minimum atomic E-state index is -0.0220. The van der Waals surface area contributed by atoms with Gasteiger partial charge in [-0.2, -0.15) is 0 Å². The van der Waals surface area contributed by atoms with E-state index in [-0.39, 0.29) is 5.56 Å². The van der Waals surface area contributed by atoms with E-state index < -0.39 is 0 Å². The fraction of sp³-hybridized carbons (Fsp3) is 0.600. The number of aromatic nitrogens is 2. The smallest absolute Gasteiger partial charge is 0.254 e. The Bertz CT molecular complexity index is 368. The molecule has 0 bridgehead atoms. The third kappa shape index (κ3) is 2.67. The summed E-state index contributed by atoms with van der Waals surface area (Å²) in [5.41, 5.74) is 1.51. The lowest BCUT2D eigenvalue weighted by Gasteiger charge is -2.09. The Labute approximate surface area is 84.0 Å². The van der Waals surface area contributed by atoms with Gasteiger partial charge >= 0.3 is 0 Å². The van der Waals surface area contributed by atoms with E-state index in [0.29, 0.717) is 5.56 Å². The maximum atomic E-state index is 11.4. The summed E-state index contributed by atoms with van der Waals surface area (Å²) in [5, 5.41) is 0. The molecule has 0 aliphatic rings. The van der Waals surface area contributed by atoms with Crippen LogP contribution in [0.1, 0.15) is 17.1 Å². The quantitative estimate of drug-likeness (QED) is 0.763. The summed E-state index contributed by atoms with van der Waals surface area (Å²) >= 11 is 0. The normalized spacial score (nSPS) is 10.9. The zero-order valence-electron chi connectivity index (χ0n) is 9.22. The third-order valence-corrected chi connectivity index (χ3v) is 2.24. The van der Waals surface area contributed by atoms with Gasteiger partial charge in [0.1, 0.15) is 5.82 Å². The average Bonchev–Trinajstić information content (AvgIpc) is 2.10. The van der Waals surface area contributed by atoms with E-state index in [1.165, 1.54) is 0 Å². The van der Waals surface area contributed by atoms with Crippen molar-refractivity contribution < 1.29 is 0 Å². The van der Waals surface area contributed by atoms with E-state index >= 15 is 0 Å². The molecule has 0 saturated carbocycles. The summed E-state index contributed by atoms with van der Waals surface area (Å²) in [6.07, 6.45) is 0.781. The first kappa shape index (κ1) is 10.9. The lowest BCUT2D eigenvalue weighted by atomic mass is 10.2. The van der Waals surface area contributed by atoms with E-state index in [4.69, 9.17) is 0 Å². The van der Waals surface area contributed by atoms with Crippen LogP contribution in [0.3, 0.4) is 0 Å². The largest absolute Gasteiger partial charge is 0.310 e. The Kier molecular flexibility index (Phi) is 3.41. The van der Waals surface area contributed by atoms with E-state index in [0.717, 1.165) is 24.5 Å². The van der Waals surface area contributed by atoms with Crippen LogP contribution in [0.15, 0.2) is 4.79 Å². The molecule has 0 aliphatic heterocycles. The topological polar surface area (TPSA) is 49.0 Å². The maximum absolute atomic E-state index is 11.4. The highest BCUT2D eigenvalue weighted by molar-refractivity contribution is 5.14. The lowest BCUT2D eigenvalue weighted by molar-refractivity contribution is 0.409. The van der Waals surface area contributed by atoms with Crippen molar-refractivity contribution >= 4 is 0 Å². The van der Waals surface area contributed by atoms with Crippen LogP contribution in [0.2, 0.25) is 0 Å². The molecule has 1 heterocycles. The van der Waals surface area contributed by atoms with Gasteiger partial charge in [0, 0.05) is 24.2 Å². The number of hydrogen-bond donors (Lipinski definition) is 1. The summed E-state index contributed by atoms with van der Waals surface area (Å²) in [5.74, 6) is 0.770. The molecule has 1 N–H and O–H groups in total. The highest BCUT2D eigenvalue weighted by Gasteiger charge is 2.03. The zero-order valence-corrected chi connectivity index (χ0v) is 9.22. The molecule has 78 valence electrons. The molecule has 0 radical (unpaired) electrons. The summed E-state index contributed by atoms with van der Waals surface area (Å²) in [4.78, 5) is 20.6. The molecule has 4 heteroatoms. The molecule has 1 aromatic rings. The van der Waals surface area contributed by atoms with Crippen molar-refractivity contribution in [3.8, 4) is 0 Å². The van der Waals surface area contributed by atoms with Crippen LogP contribution in [0.5, 0.6) is 0 Å². The minimum absolute atomic E-state index is 0.0220. The lowest BCUT2D eigenvalue weighted by Crippen LogP contribution is -2.21. The molecule has 0 fully saturated rings. The molecule has 0 aromatic carbocycles. The maximum Gasteiger partial charge on any atom is 0.254 e. The van der Waals surface area contributed by atoms with Crippen molar-refractivity contribution in [1.82, 2.24) is 14.9 Å². The van der Waals surface area contributed by atoms with Gasteiger partial charge in [-0.05, 0) is 27.9 Å². The number of H-pyrrole nitrogens is 1. The zero-order chi connectivity index (χ0) is 10.7. The Hall–Kier alpha value is -1.16. The van der Waals surface area contributed by atoms with Crippen LogP contribution in [0.25, 0.3) is 0 Å². The first-order valence-corrected chi connectivity index (χ1v) is 4.72. The highest BCUT2D eigenvalue weighted by atomic mass is 16.1. The number of rotatable bonds is 3. The fourth-order valence-electron chi connectivity index (χ4n) is 1.15. The molecular formula is C10H17N3O. The van der Waals surface area contributed by atoms with Gasteiger partial charge < -0.3 is 9.88 Å². The van der Waals surface area contributed by atoms with Crippen LogP contribution in [0.4, 0.5) is 0 Å². The molecular weight excluding hydrogens is 178 g/mol. The van der Waals surface area contributed by atoms with E-state index in [1.54, 1.807) is 6.92 Å². The molecule has 0 unspecified atom stereocenters. The molecule has 0 amide bonds. The molecule has 0 saturated heterocycles. The predicted molar refractivity (Wildman–Crippen MR) is 56.6 cm³/mol. The third-order valence-electron chi connectivity index (χ3n) is 2.24. The molecule has 1 rings (SSSR count). The van der Waals surface area contributed by atoms with Gasteiger partial charge in [-0.25, -0.2) is 4.98 Å². The van der Waals surface area contributed by atoms with Crippen LogP contribution < -0.4 is 5.56 Å². The molecule has 0 spiro atoms. The van der Waals surface area contributed by atoms with Gasteiger partial charge in [0.15, 0.2) is 0 Å². The molecule has 0 aliphatic carbocycles. The van der Waals surface area contributed by atoms with Gasteiger partial charge in [0.2, 0.25) is 0 Å². The number of aromatic amines is 1. The Morgan fingerprint density at radius 2 is 2.00 bits per heavy atom. The van der Waals surface area contributed by atoms with E-state index in [1.807, 2.05) is 21.0 Å². The second kappa shape index (κ2) is 4.37. The second-order valence-corrected chi connectivity index (χ2v) is 3.78. The molecule has 0 atom stereocenters. The first-order valence-electron chi connectivity index (χ1n) is 4.72. The van der Waals surface area contributed by atoms with Crippen molar-refractivity contribution in [2.75, 3.05) is 20.6 Å². The summed E-state index contributed by atoms with van der Waals surface area (Å²) in [7, 11) is 4.00. The van der Waals surface area contributed by atoms with Gasteiger partial charge in [-0.3, -0.25) is 4.79 Å². The number of hydrogen-bond acceptors (Lipinski definition) is 3. The standard InChI is InChI=1S/C10H17N3O/c1-7-8(2)11-9(12-10(7)14)5-6-13(3)4/h5-6H2,1-4H3,(H,11,12,14). The van der Waals surface area contributed by atoms with Crippen molar-refractivity contribution in [1.29, 1.82) is 0 Å². The SMILES string of the molecule is Cc1nc(CCN(C)C)[nH]c(=O)c1C. The van der Waals surface area contributed by atoms with Crippen LogP contribution in [0, 0.1) is 13.8 Å². The van der Waals surface area contributed by atoms with Crippen LogP contribution >= 0.6 is 0 Å². The van der Waals surface area contributed by atoms with Crippen LogP contribution in [-0.4, -0.2) is 35.5 Å². The summed E-state index contributed by atoms with van der Waals surface area (Å²) < 4.78 is 0. The fourth-order valence-corrected chi connectivity index (χ4v) is 1.15. The Morgan fingerprint density at radius 3 is 2.50 bits per heavy atom. The van der Waals surface area contributed by atoms with Crippen molar-refractivity contribution in [3.05, 3.63) is 27.4 Å². The van der Waals surface area contributed by atoms with Crippen molar-refractivity contribution in [3.63, 3.8) is 0 Å².